The van der Waals surface area contributed by atoms with Crippen molar-refractivity contribution in [2.45, 2.75) is 11.8 Å². The summed E-state index contributed by atoms with van der Waals surface area (Å²) >= 11 is 1.71. The molecule has 0 aliphatic carbocycles. The zero-order chi connectivity index (χ0) is 12.0. The highest BCUT2D eigenvalue weighted by atomic mass is 32.2. The lowest BCUT2D eigenvalue weighted by molar-refractivity contribution is 0.0766. The summed E-state index contributed by atoms with van der Waals surface area (Å²) in [6.07, 6.45) is 0. The first kappa shape index (κ1) is 13.1. The largest absolute Gasteiger partial charge is 0.395 e. The fraction of sp³-hybridized carbons (Fsp3) is 0.417. The minimum absolute atomic E-state index is 0.00829. The van der Waals surface area contributed by atoms with Crippen LogP contribution in [0.3, 0.4) is 0 Å². The molecule has 0 aliphatic rings. The maximum Gasteiger partial charge on any atom is 0.253 e. The van der Waals surface area contributed by atoms with Gasteiger partial charge in [0.2, 0.25) is 0 Å². The Bertz CT molecular complexity index is 355. The highest BCUT2D eigenvalue weighted by Crippen LogP contribution is 2.19. The fourth-order valence-corrected chi connectivity index (χ4v) is 2.08. The molecule has 1 rings (SSSR count). The van der Waals surface area contributed by atoms with Crippen molar-refractivity contribution in [3.63, 3.8) is 0 Å². The van der Waals surface area contributed by atoms with Crippen molar-refractivity contribution in [3.05, 3.63) is 29.8 Å². The van der Waals surface area contributed by atoms with Gasteiger partial charge in [0, 0.05) is 24.1 Å². The first-order chi connectivity index (χ1) is 7.69. The molecule has 0 atom stereocenters. The van der Waals surface area contributed by atoms with E-state index in [0.29, 0.717) is 12.1 Å². The number of hydrogen-bond donors (Lipinski definition) is 1. The first-order valence-electron chi connectivity index (χ1n) is 5.28. The van der Waals surface area contributed by atoms with E-state index in [1.165, 1.54) is 4.90 Å². The zero-order valence-corrected chi connectivity index (χ0v) is 10.5. The second-order valence-electron chi connectivity index (χ2n) is 3.41. The number of likely N-dealkylation sites (N-methyl/N-ethyl adjacent to an activating group) is 1. The Morgan fingerprint density at radius 3 is 2.88 bits per heavy atom. The summed E-state index contributed by atoms with van der Waals surface area (Å²) in [5.74, 6) is 0.942. The van der Waals surface area contributed by atoms with E-state index < -0.39 is 0 Å². The molecular formula is C12H17NO2S. The monoisotopic (exact) mass is 239 g/mol. The Kier molecular flexibility index (Phi) is 5.35. The van der Waals surface area contributed by atoms with Gasteiger partial charge >= 0.3 is 0 Å². The third-order valence-corrected chi connectivity index (χ3v) is 3.05. The van der Waals surface area contributed by atoms with Crippen molar-refractivity contribution in [2.24, 2.45) is 0 Å². The SMILES string of the molecule is CCSc1cccc(C(=O)N(C)CCO)c1. The lowest BCUT2D eigenvalue weighted by Crippen LogP contribution is -2.29. The minimum Gasteiger partial charge on any atom is -0.395 e. The van der Waals surface area contributed by atoms with Gasteiger partial charge < -0.3 is 10.0 Å². The van der Waals surface area contributed by atoms with Gasteiger partial charge in [-0.3, -0.25) is 4.79 Å². The molecule has 16 heavy (non-hydrogen) atoms. The van der Waals surface area contributed by atoms with Gasteiger partial charge in [-0.2, -0.15) is 0 Å². The average molecular weight is 239 g/mol. The molecule has 0 fully saturated rings. The summed E-state index contributed by atoms with van der Waals surface area (Å²) in [6.45, 7) is 2.44. The van der Waals surface area contributed by atoms with Gasteiger partial charge in [0.25, 0.3) is 5.91 Å². The molecule has 0 aliphatic heterocycles. The quantitative estimate of drug-likeness (QED) is 0.797. The molecular weight excluding hydrogens is 222 g/mol. The van der Waals surface area contributed by atoms with E-state index in [9.17, 15) is 4.79 Å². The molecule has 3 nitrogen and oxygen atoms in total. The van der Waals surface area contributed by atoms with E-state index in [-0.39, 0.29) is 12.5 Å². The third kappa shape index (κ3) is 3.54. The smallest absolute Gasteiger partial charge is 0.253 e. The van der Waals surface area contributed by atoms with Crippen LogP contribution in [0.4, 0.5) is 0 Å². The van der Waals surface area contributed by atoms with E-state index in [0.717, 1.165) is 10.6 Å². The van der Waals surface area contributed by atoms with Crippen LogP contribution in [-0.2, 0) is 0 Å². The number of aliphatic hydroxyl groups is 1. The topological polar surface area (TPSA) is 40.5 Å². The summed E-state index contributed by atoms with van der Waals surface area (Å²) in [5.41, 5.74) is 0.675. The number of amides is 1. The molecule has 4 heteroatoms. The van der Waals surface area contributed by atoms with Gasteiger partial charge in [-0.05, 0) is 24.0 Å². The molecule has 1 amide bonds. The molecule has 1 aromatic carbocycles. The Hall–Kier alpha value is -1.00. The van der Waals surface area contributed by atoms with Crippen LogP contribution >= 0.6 is 11.8 Å². The summed E-state index contributed by atoms with van der Waals surface area (Å²) in [5, 5.41) is 8.77. The Balaban J connectivity index is 2.78. The normalized spacial score (nSPS) is 10.2. The maximum atomic E-state index is 11.9. The summed E-state index contributed by atoms with van der Waals surface area (Å²) in [6, 6.07) is 7.58. The molecule has 0 bridgehead atoms. The number of thioether (sulfide) groups is 1. The summed E-state index contributed by atoms with van der Waals surface area (Å²) in [4.78, 5) is 14.5. The van der Waals surface area contributed by atoms with Gasteiger partial charge in [-0.15, -0.1) is 11.8 Å². The molecule has 0 aromatic heterocycles. The molecule has 1 N–H and O–H groups in total. The first-order valence-corrected chi connectivity index (χ1v) is 6.26. The number of carbonyl (C=O) groups is 1. The molecule has 0 spiro atoms. The van der Waals surface area contributed by atoms with Gasteiger partial charge in [-0.1, -0.05) is 13.0 Å². The predicted molar refractivity (Wildman–Crippen MR) is 66.9 cm³/mol. The molecule has 0 saturated heterocycles. The number of carbonyl (C=O) groups excluding carboxylic acids is 1. The summed E-state index contributed by atoms with van der Waals surface area (Å²) < 4.78 is 0. The van der Waals surface area contributed by atoms with Crippen LogP contribution in [0.15, 0.2) is 29.2 Å². The van der Waals surface area contributed by atoms with Crippen LogP contribution < -0.4 is 0 Å². The maximum absolute atomic E-state index is 11.9. The van der Waals surface area contributed by atoms with Crippen LogP contribution in [0.25, 0.3) is 0 Å². The Morgan fingerprint density at radius 2 is 2.25 bits per heavy atom. The van der Waals surface area contributed by atoms with E-state index in [1.54, 1.807) is 24.9 Å². The molecule has 0 heterocycles. The van der Waals surface area contributed by atoms with E-state index >= 15 is 0 Å². The van der Waals surface area contributed by atoms with Crippen molar-refractivity contribution in [1.29, 1.82) is 0 Å². The van der Waals surface area contributed by atoms with Gasteiger partial charge in [0.05, 0.1) is 6.61 Å². The Morgan fingerprint density at radius 1 is 1.50 bits per heavy atom. The second-order valence-corrected chi connectivity index (χ2v) is 4.75. The highest BCUT2D eigenvalue weighted by Gasteiger charge is 2.11. The van der Waals surface area contributed by atoms with Crippen LogP contribution in [0, 0.1) is 0 Å². The minimum atomic E-state index is -0.0485. The van der Waals surface area contributed by atoms with Crippen molar-refractivity contribution < 1.29 is 9.90 Å². The third-order valence-electron chi connectivity index (χ3n) is 2.17. The average Bonchev–Trinajstić information content (AvgIpc) is 2.29. The lowest BCUT2D eigenvalue weighted by Gasteiger charge is -2.15. The number of aliphatic hydroxyl groups excluding tert-OH is 1. The van der Waals surface area contributed by atoms with Crippen molar-refractivity contribution in [2.75, 3.05) is 26.0 Å². The van der Waals surface area contributed by atoms with E-state index in [1.807, 2.05) is 18.2 Å². The number of hydrogen-bond acceptors (Lipinski definition) is 3. The second kappa shape index (κ2) is 6.55. The predicted octanol–water partition coefficient (Wildman–Crippen LogP) is 1.86. The number of benzene rings is 1. The van der Waals surface area contributed by atoms with Crippen molar-refractivity contribution >= 4 is 17.7 Å². The number of nitrogens with zero attached hydrogens (tertiary/aromatic N) is 1. The van der Waals surface area contributed by atoms with E-state index in [4.69, 9.17) is 5.11 Å². The zero-order valence-electron chi connectivity index (χ0n) is 9.64. The standard InChI is InChI=1S/C12H17NO2S/c1-3-16-11-6-4-5-10(9-11)12(15)13(2)7-8-14/h4-6,9,14H,3,7-8H2,1-2H3. The van der Waals surface area contributed by atoms with Crippen LogP contribution in [0.1, 0.15) is 17.3 Å². The van der Waals surface area contributed by atoms with Gasteiger partial charge in [0.15, 0.2) is 0 Å². The van der Waals surface area contributed by atoms with Crippen LogP contribution in [0.5, 0.6) is 0 Å². The van der Waals surface area contributed by atoms with Crippen molar-refractivity contribution in [3.8, 4) is 0 Å². The molecule has 0 saturated carbocycles. The highest BCUT2D eigenvalue weighted by molar-refractivity contribution is 7.99. The van der Waals surface area contributed by atoms with Crippen LogP contribution in [-0.4, -0.2) is 41.9 Å². The van der Waals surface area contributed by atoms with Gasteiger partial charge in [0.1, 0.15) is 0 Å². The van der Waals surface area contributed by atoms with E-state index in [2.05, 4.69) is 6.92 Å². The lowest BCUT2D eigenvalue weighted by atomic mass is 10.2. The molecule has 0 unspecified atom stereocenters. The van der Waals surface area contributed by atoms with Gasteiger partial charge in [-0.25, -0.2) is 0 Å². The van der Waals surface area contributed by atoms with Crippen molar-refractivity contribution in [1.82, 2.24) is 4.90 Å². The molecule has 88 valence electrons. The molecule has 1 aromatic rings. The van der Waals surface area contributed by atoms with Crippen LogP contribution in [0.2, 0.25) is 0 Å². The number of rotatable bonds is 5. The molecule has 0 radical (unpaired) electrons. The summed E-state index contributed by atoms with van der Waals surface area (Å²) in [7, 11) is 1.69. The Labute approximate surface area is 100 Å². The fourth-order valence-electron chi connectivity index (χ4n) is 1.36.